The van der Waals surface area contributed by atoms with E-state index < -0.39 is 0 Å². The molecule has 4 N–H and O–H groups in total. The number of rotatable bonds is 8. The molecule has 1 heterocycles. The third-order valence-electron chi connectivity index (χ3n) is 6.72. The van der Waals surface area contributed by atoms with E-state index in [1.165, 1.54) is 23.3 Å². The van der Waals surface area contributed by atoms with Gasteiger partial charge in [-0.2, -0.15) is 0 Å². The van der Waals surface area contributed by atoms with Crippen molar-refractivity contribution in [2.75, 3.05) is 24.3 Å². The lowest BCUT2D eigenvalue weighted by atomic mass is 9.91. The summed E-state index contributed by atoms with van der Waals surface area (Å²) in [6.07, 6.45) is 6.53. The molecule has 0 aliphatic heterocycles. The molecule has 1 aromatic heterocycles. The van der Waals surface area contributed by atoms with E-state index in [4.69, 9.17) is 9.83 Å². The van der Waals surface area contributed by atoms with E-state index in [0.717, 1.165) is 36.9 Å². The van der Waals surface area contributed by atoms with E-state index in [2.05, 4.69) is 21.4 Å². The maximum atomic E-state index is 13.3. The Kier molecular flexibility index (Phi) is 7.06. The van der Waals surface area contributed by atoms with Crippen LogP contribution in [0.4, 0.5) is 10.7 Å². The fraction of sp³-hybridized carbons (Fsp3) is 0.500. The molecule has 8 nitrogen and oxygen atoms in total. The number of aryl methyl sites for hydroxylation is 2. The molecule has 2 amide bonds. The van der Waals surface area contributed by atoms with Gasteiger partial charge in [-0.15, -0.1) is 11.3 Å². The lowest BCUT2D eigenvalue weighted by molar-refractivity contribution is -0.117. The van der Waals surface area contributed by atoms with Crippen molar-refractivity contribution in [2.45, 2.75) is 57.9 Å². The average molecular weight is 496 g/mol. The Bertz CT molecular complexity index is 1120. The predicted octanol–water partition coefficient (Wildman–Crippen LogP) is 4.02. The molecule has 2 saturated carbocycles. The molecule has 0 spiro atoms. The van der Waals surface area contributed by atoms with Crippen molar-refractivity contribution in [3.8, 4) is 0 Å². The van der Waals surface area contributed by atoms with Crippen LogP contribution in [0.3, 0.4) is 0 Å². The Morgan fingerprint density at radius 2 is 1.86 bits per heavy atom. The zero-order chi connectivity index (χ0) is 24.4. The SMILES string of the molecule is CONC(=NC1CCc2sc(NC(=O)C3CC3)c(C(=O)NCC3CC3)c2C1)Nc1ccc(C)cc1. The van der Waals surface area contributed by atoms with Crippen LogP contribution >= 0.6 is 11.3 Å². The Morgan fingerprint density at radius 1 is 1.09 bits per heavy atom. The number of nitrogens with one attached hydrogen (secondary N) is 4. The monoisotopic (exact) mass is 495 g/mol. The lowest BCUT2D eigenvalue weighted by Gasteiger charge is -2.21. The Morgan fingerprint density at radius 3 is 2.54 bits per heavy atom. The van der Waals surface area contributed by atoms with Gasteiger partial charge in [-0.1, -0.05) is 17.7 Å². The number of benzene rings is 1. The fourth-order valence-electron chi connectivity index (χ4n) is 4.35. The van der Waals surface area contributed by atoms with Crippen LogP contribution in [0.2, 0.25) is 0 Å². The minimum Gasteiger partial charge on any atom is -0.352 e. The van der Waals surface area contributed by atoms with Gasteiger partial charge in [0.05, 0.1) is 18.7 Å². The minimum atomic E-state index is -0.0850. The maximum Gasteiger partial charge on any atom is 0.254 e. The van der Waals surface area contributed by atoms with Crippen LogP contribution in [0.15, 0.2) is 29.3 Å². The standard InChI is InChI=1S/C26H33N5O3S/c1-15-3-9-18(10-4-15)28-26(31-34-2)29-19-11-12-21-20(13-19)22(24(33)27-14-16-5-6-16)25(35-21)30-23(32)17-7-8-17/h3-4,9-10,16-17,19H,5-8,11-14H2,1-2H3,(H,27,33)(H,30,32)(H2,28,29,31). The number of carbonyl (C=O) groups excluding carboxylic acids is 2. The van der Waals surface area contributed by atoms with Crippen LogP contribution in [-0.4, -0.2) is 37.5 Å². The van der Waals surface area contributed by atoms with Gasteiger partial charge in [-0.05, 0) is 75.5 Å². The maximum absolute atomic E-state index is 13.3. The summed E-state index contributed by atoms with van der Waals surface area (Å²) in [4.78, 5) is 37.0. The summed E-state index contributed by atoms with van der Waals surface area (Å²) in [6, 6.07) is 8.05. The summed E-state index contributed by atoms with van der Waals surface area (Å²) in [5.74, 6) is 1.15. The quantitative estimate of drug-likeness (QED) is 0.252. The van der Waals surface area contributed by atoms with Crippen molar-refractivity contribution in [1.29, 1.82) is 0 Å². The third-order valence-corrected chi connectivity index (χ3v) is 7.93. The van der Waals surface area contributed by atoms with Gasteiger partial charge in [0.15, 0.2) is 0 Å². The van der Waals surface area contributed by atoms with E-state index in [-0.39, 0.29) is 23.8 Å². The molecule has 1 aromatic carbocycles. The first-order chi connectivity index (χ1) is 17.0. The first kappa shape index (κ1) is 23.8. The molecule has 9 heteroatoms. The van der Waals surface area contributed by atoms with Crippen molar-refractivity contribution in [2.24, 2.45) is 16.8 Å². The number of hydroxylamine groups is 1. The molecule has 3 aliphatic rings. The van der Waals surface area contributed by atoms with E-state index in [9.17, 15) is 9.59 Å². The number of thiophene rings is 1. The van der Waals surface area contributed by atoms with E-state index in [1.807, 2.05) is 31.2 Å². The van der Waals surface area contributed by atoms with Gasteiger partial charge in [0.1, 0.15) is 5.00 Å². The van der Waals surface area contributed by atoms with Crippen molar-refractivity contribution in [3.05, 3.63) is 45.8 Å². The second-order valence-electron chi connectivity index (χ2n) is 9.80. The zero-order valence-electron chi connectivity index (χ0n) is 20.3. The molecule has 3 aliphatic carbocycles. The first-order valence-electron chi connectivity index (χ1n) is 12.4. The van der Waals surface area contributed by atoms with Crippen LogP contribution in [0.5, 0.6) is 0 Å². The first-order valence-corrected chi connectivity index (χ1v) is 13.3. The molecule has 1 unspecified atom stereocenters. The number of fused-ring (bicyclic) bond motifs is 1. The van der Waals surface area contributed by atoms with Gasteiger partial charge < -0.3 is 16.0 Å². The van der Waals surface area contributed by atoms with Crippen LogP contribution in [0.25, 0.3) is 0 Å². The summed E-state index contributed by atoms with van der Waals surface area (Å²) >= 11 is 1.55. The number of nitrogens with zero attached hydrogens (tertiary/aromatic N) is 1. The molecule has 35 heavy (non-hydrogen) atoms. The third kappa shape index (κ3) is 6.02. The van der Waals surface area contributed by atoms with Gasteiger partial charge in [-0.3, -0.25) is 14.4 Å². The highest BCUT2D eigenvalue weighted by atomic mass is 32.1. The van der Waals surface area contributed by atoms with Crippen LogP contribution < -0.4 is 21.4 Å². The Balaban J connectivity index is 1.37. The number of carbonyl (C=O) groups is 2. The second-order valence-corrected chi connectivity index (χ2v) is 10.9. The molecule has 2 fully saturated rings. The normalized spacial score (nSPS) is 19.6. The van der Waals surface area contributed by atoms with Gasteiger partial charge in [0.25, 0.3) is 5.91 Å². The summed E-state index contributed by atoms with van der Waals surface area (Å²) in [6.45, 7) is 2.75. The highest BCUT2D eigenvalue weighted by Gasteiger charge is 2.34. The summed E-state index contributed by atoms with van der Waals surface area (Å²) in [5.41, 5.74) is 6.59. The van der Waals surface area contributed by atoms with Crippen LogP contribution in [0.1, 0.15) is 58.5 Å². The fourth-order valence-corrected chi connectivity index (χ4v) is 5.59. The minimum absolute atomic E-state index is 0.0188. The molecule has 0 saturated heterocycles. The number of hydrogen-bond donors (Lipinski definition) is 4. The van der Waals surface area contributed by atoms with Gasteiger partial charge in [0.2, 0.25) is 11.9 Å². The van der Waals surface area contributed by atoms with Gasteiger partial charge in [-0.25, -0.2) is 10.5 Å². The Labute approximate surface area is 209 Å². The average Bonchev–Trinajstić information content (AvgIpc) is 3.76. The summed E-state index contributed by atoms with van der Waals surface area (Å²) in [7, 11) is 1.56. The van der Waals surface area contributed by atoms with Crippen LogP contribution in [-0.2, 0) is 22.5 Å². The van der Waals surface area contributed by atoms with Crippen LogP contribution in [0, 0.1) is 18.8 Å². The number of hydrogen-bond acceptors (Lipinski definition) is 5. The molecule has 2 aromatic rings. The Hall–Kier alpha value is -2.91. The highest BCUT2D eigenvalue weighted by molar-refractivity contribution is 7.17. The van der Waals surface area contributed by atoms with E-state index >= 15 is 0 Å². The van der Waals surface area contributed by atoms with Crippen molar-refractivity contribution < 1.29 is 14.4 Å². The molecule has 1 atom stereocenters. The molecule has 0 radical (unpaired) electrons. The summed E-state index contributed by atoms with van der Waals surface area (Å²) < 4.78 is 0. The van der Waals surface area contributed by atoms with Crippen molar-refractivity contribution in [1.82, 2.24) is 10.8 Å². The lowest BCUT2D eigenvalue weighted by Crippen LogP contribution is -2.33. The van der Waals surface area contributed by atoms with Gasteiger partial charge in [0, 0.05) is 23.0 Å². The molecule has 186 valence electrons. The number of amides is 2. The number of anilines is 2. The molecular formula is C26H33N5O3S. The van der Waals surface area contributed by atoms with E-state index in [1.54, 1.807) is 18.4 Å². The van der Waals surface area contributed by atoms with E-state index in [0.29, 0.717) is 35.4 Å². The number of aliphatic imine (C=N–C) groups is 1. The van der Waals surface area contributed by atoms with Crippen molar-refractivity contribution >= 4 is 39.8 Å². The van der Waals surface area contributed by atoms with Gasteiger partial charge >= 0.3 is 0 Å². The predicted molar refractivity (Wildman–Crippen MR) is 139 cm³/mol. The number of guanidine groups is 1. The highest BCUT2D eigenvalue weighted by Crippen LogP contribution is 2.40. The second kappa shape index (κ2) is 10.4. The largest absolute Gasteiger partial charge is 0.352 e. The van der Waals surface area contributed by atoms with Crippen molar-refractivity contribution in [3.63, 3.8) is 0 Å². The molecule has 0 bridgehead atoms. The zero-order valence-corrected chi connectivity index (χ0v) is 21.1. The topological polar surface area (TPSA) is 104 Å². The smallest absolute Gasteiger partial charge is 0.254 e. The molecule has 5 rings (SSSR count). The molecular weight excluding hydrogens is 462 g/mol. The summed E-state index contributed by atoms with van der Waals surface area (Å²) in [5, 5.41) is 10.1.